The molecule has 0 saturated heterocycles. The molecule has 0 spiro atoms. The predicted molar refractivity (Wildman–Crippen MR) is 86.1 cm³/mol. The van der Waals surface area contributed by atoms with E-state index < -0.39 is 19.7 Å². The Balaban J connectivity index is 2.88. The summed E-state index contributed by atoms with van der Waals surface area (Å²) in [6.07, 6.45) is 1.04. The van der Waals surface area contributed by atoms with Crippen molar-refractivity contribution < 1.29 is 16.8 Å². The van der Waals surface area contributed by atoms with Crippen molar-refractivity contribution in [3.63, 3.8) is 0 Å². The average molecular weight is 333 g/mol. The molecule has 0 saturated carbocycles. The minimum atomic E-state index is -3.44. The van der Waals surface area contributed by atoms with Crippen molar-refractivity contribution in [3.8, 4) is 0 Å². The summed E-state index contributed by atoms with van der Waals surface area (Å²) >= 11 is 0. The van der Waals surface area contributed by atoms with Crippen LogP contribution in [0.5, 0.6) is 0 Å². The molecule has 0 aliphatic heterocycles. The third-order valence-electron chi connectivity index (χ3n) is 3.47. The molecule has 1 aromatic carbocycles. The Kier molecular flexibility index (Phi) is 5.95. The van der Waals surface area contributed by atoms with Crippen LogP contribution in [0.1, 0.15) is 22.7 Å². The number of benzene rings is 1. The second-order valence-electron chi connectivity index (χ2n) is 5.43. The third-order valence-corrected chi connectivity index (χ3v) is 6.34. The van der Waals surface area contributed by atoms with E-state index in [2.05, 4.69) is 5.32 Å². The minimum Gasteiger partial charge on any atom is -0.312 e. The summed E-state index contributed by atoms with van der Waals surface area (Å²) in [6, 6.07) is 5.48. The quantitative estimate of drug-likeness (QED) is 0.806. The lowest BCUT2D eigenvalue weighted by Crippen LogP contribution is -2.28. The maximum atomic E-state index is 12.1. The van der Waals surface area contributed by atoms with E-state index in [4.69, 9.17) is 0 Å². The van der Waals surface area contributed by atoms with Gasteiger partial charge in [-0.1, -0.05) is 18.2 Å². The fourth-order valence-electron chi connectivity index (χ4n) is 1.94. The zero-order valence-corrected chi connectivity index (χ0v) is 14.5. The number of aryl methyl sites for hydroxylation is 2. The fourth-order valence-corrected chi connectivity index (χ4v) is 5.20. The number of sulfone groups is 2. The molecule has 0 aromatic heterocycles. The van der Waals surface area contributed by atoms with E-state index in [1.165, 1.54) is 0 Å². The van der Waals surface area contributed by atoms with Gasteiger partial charge in [-0.25, -0.2) is 16.8 Å². The average Bonchev–Trinajstić information content (AvgIpc) is 2.36. The van der Waals surface area contributed by atoms with Crippen molar-refractivity contribution in [2.45, 2.75) is 19.9 Å². The molecule has 0 bridgehead atoms. The van der Waals surface area contributed by atoms with Crippen molar-refractivity contribution in [2.75, 3.05) is 30.6 Å². The lowest BCUT2D eigenvalue weighted by atomic mass is 10.0. The summed E-state index contributed by atoms with van der Waals surface area (Å²) in [6.45, 7) is 3.97. The molecular formula is C14H23NO4S2. The highest BCUT2D eigenvalue weighted by molar-refractivity contribution is 7.94. The smallest absolute Gasteiger partial charge is 0.153 e. The summed E-state index contributed by atoms with van der Waals surface area (Å²) in [5.74, 6) is -0.783. The van der Waals surface area contributed by atoms with E-state index >= 15 is 0 Å². The first-order valence-corrected chi connectivity index (χ1v) is 10.5. The summed E-state index contributed by atoms with van der Waals surface area (Å²) in [5, 5.41) is 2.99. The maximum absolute atomic E-state index is 12.1. The Labute approximate surface area is 127 Å². The summed E-state index contributed by atoms with van der Waals surface area (Å²) < 4.78 is 46.3. The minimum absolute atomic E-state index is 0.110. The Hall–Kier alpha value is -0.920. The topological polar surface area (TPSA) is 80.3 Å². The van der Waals surface area contributed by atoms with Crippen molar-refractivity contribution >= 4 is 19.7 Å². The van der Waals surface area contributed by atoms with Gasteiger partial charge in [0.15, 0.2) is 9.84 Å². The van der Waals surface area contributed by atoms with Crippen LogP contribution in [0.3, 0.4) is 0 Å². The van der Waals surface area contributed by atoms with Crippen molar-refractivity contribution in [3.05, 3.63) is 34.9 Å². The lowest BCUT2D eigenvalue weighted by molar-refractivity contribution is 0.572. The summed E-state index contributed by atoms with van der Waals surface area (Å²) in [7, 11) is -5.01. The molecule has 120 valence electrons. The van der Waals surface area contributed by atoms with Gasteiger partial charge < -0.3 is 5.32 Å². The van der Waals surface area contributed by atoms with Crippen LogP contribution >= 0.6 is 0 Å². The summed E-state index contributed by atoms with van der Waals surface area (Å²) in [4.78, 5) is 0. The summed E-state index contributed by atoms with van der Waals surface area (Å²) in [5.41, 5.74) is 3.14. The van der Waals surface area contributed by atoms with Crippen LogP contribution in [0.4, 0.5) is 0 Å². The number of hydrogen-bond donors (Lipinski definition) is 1. The van der Waals surface area contributed by atoms with Crippen LogP contribution in [-0.4, -0.2) is 47.4 Å². The number of hydrogen-bond acceptors (Lipinski definition) is 5. The number of nitrogens with one attached hydrogen (secondary N) is 1. The van der Waals surface area contributed by atoms with Crippen LogP contribution in [0.15, 0.2) is 18.2 Å². The molecule has 1 rings (SSSR count). The second kappa shape index (κ2) is 6.89. The second-order valence-corrected chi connectivity index (χ2v) is 9.92. The standard InChI is InChI=1S/C14H23NO4S2/c1-11-5-6-13(9-12(11)2)14(15-3)10-21(18,19)8-7-20(4,16)17/h5-6,9,14-15H,7-8,10H2,1-4H3. The van der Waals surface area contributed by atoms with E-state index in [0.29, 0.717) is 0 Å². The van der Waals surface area contributed by atoms with Gasteiger partial charge >= 0.3 is 0 Å². The highest BCUT2D eigenvalue weighted by atomic mass is 32.2. The predicted octanol–water partition coefficient (Wildman–Crippen LogP) is 1.02. The van der Waals surface area contributed by atoms with Crippen LogP contribution in [-0.2, 0) is 19.7 Å². The van der Waals surface area contributed by atoms with Gasteiger partial charge in [-0.2, -0.15) is 0 Å². The first kappa shape index (κ1) is 18.1. The zero-order valence-electron chi connectivity index (χ0n) is 12.9. The molecule has 7 heteroatoms. The van der Waals surface area contributed by atoms with Crippen LogP contribution in [0.25, 0.3) is 0 Å². The molecule has 1 atom stereocenters. The Morgan fingerprint density at radius 1 is 1.05 bits per heavy atom. The van der Waals surface area contributed by atoms with Gasteiger partial charge in [0.25, 0.3) is 0 Å². The SMILES string of the molecule is CNC(CS(=O)(=O)CCS(C)(=O)=O)c1ccc(C)c(C)c1. The first-order chi connectivity index (χ1) is 9.54. The molecule has 21 heavy (non-hydrogen) atoms. The molecule has 0 aliphatic carbocycles. The molecule has 0 heterocycles. The molecule has 1 unspecified atom stereocenters. The van der Waals surface area contributed by atoms with E-state index in [0.717, 1.165) is 22.9 Å². The molecule has 0 radical (unpaired) electrons. The fraction of sp³-hybridized carbons (Fsp3) is 0.571. The molecule has 0 amide bonds. The Morgan fingerprint density at radius 3 is 2.14 bits per heavy atom. The van der Waals surface area contributed by atoms with Crippen LogP contribution < -0.4 is 5.32 Å². The van der Waals surface area contributed by atoms with Gasteiger partial charge in [0, 0.05) is 12.3 Å². The van der Waals surface area contributed by atoms with Crippen LogP contribution in [0.2, 0.25) is 0 Å². The maximum Gasteiger partial charge on any atom is 0.153 e. The first-order valence-electron chi connectivity index (χ1n) is 6.66. The monoisotopic (exact) mass is 333 g/mol. The van der Waals surface area contributed by atoms with Gasteiger partial charge in [0.2, 0.25) is 0 Å². The van der Waals surface area contributed by atoms with Gasteiger partial charge in [0.05, 0.1) is 17.3 Å². The van der Waals surface area contributed by atoms with E-state index in [-0.39, 0.29) is 23.3 Å². The Morgan fingerprint density at radius 2 is 1.67 bits per heavy atom. The zero-order chi connectivity index (χ0) is 16.3. The van der Waals surface area contributed by atoms with Gasteiger partial charge in [0.1, 0.15) is 9.84 Å². The Bertz CT molecular complexity index is 694. The molecule has 0 fully saturated rings. The molecule has 5 nitrogen and oxygen atoms in total. The van der Waals surface area contributed by atoms with E-state index in [1.807, 2.05) is 32.0 Å². The molecule has 0 aliphatic rings. The van der Waals surface area contributed by atoms with Crippen molar-refractivity contribution in [1.82, 2.24) is 5.32 Å². The normalized spacial score (nSPS) is 14.1. The van der Waals surface area contributed by atoms with Gasteiger partial charge in [-0.05, 0) is 37.6 Å². The highest BCUT2D eigenvalue weighted by Gasteiger charge is 2.21. The van der Waals surface area contributed by atoms with Crippen molar-refractivity contribution in [1.29, 1.82) is 0 Å². The van der Waals surface area contributed by atoms with Gasteiger partial charge in [-0.3, -0.25) is 0 Å². The largest absolute Gasteiger partial charge is 0.312 e. The third kappa shape index (κ3) is 6.15. The molecule has 1 N–H and O–H groups in total. The number of rotatable bonds is 7. The molecular weight excluding hydrogens is 310 g/mol. The molecule has 1 aromatic rings. The van der Waals surface area contributed by atoms with Crippen LogP contribution in [0, 0.1) is 13.8 Å². The van der Waals surface area contributed by atoms with E-state index in [9.17, 15) is 16.8 Å². The van der Waals surface area contributed by atoms with Gasteiger partial charge in [-0.15, -0.1) is 0 Å². The van der Waals surface area contributed by atoms with Crippen molar-refractivity contribution in [2.24, 2.45) is 0 Å². The van der Waals surface area contributed by atoms with E-state index in [1.54, 1.807) is 7.05 Å². The highest BCUT2D eigenvalue weighted by Crippen LogP contribution is 2.19. The lowest BCUT2D eigenvalue weighted by Gasteiger charge is -2.18.